The fraction of sp³-hybridized carbons (Fsp3) is 0.176. The van der Waals surface area contributed by atoms with Gasteiger partial charge in [0.1, 0.15) is 0 Å². The lowest BCUT2D eigenvalue weighted by Crippen LogP contribution is -2.06. The minimum Gasteiger partial charge on any atom is -0.400 e. The van der Waals surface area contributed by atoms with Gasteiger partial charge in [-0.15, -0.1) is 0 Å². The van der Waals surface area contributed by atoms with Crippen LogP contribution in [0.25, 0.3) is 5.57 Å². The molecule has 1 aliphatic rings. The van der Waals surface area contributed by atoms with Crippen LogP contribution in [0, 0.1) is 0 Å². The highest BCUT2D eigenvalue weighted by atomic mass is 14.8. The van der Waals surface area contributed by atoms with E-state index < -0.39 is 0 Å². The molecular formula is C17H19N3. The molecule has 1 aliphatic heterocycles. The van der Waals surface area contributed by atoms with Gasteiger partial charge in [-0.25, -0.2) is 0 Å². The molecule has 0 unspecified atom stereocenters. The highest BCUT2D eigenvalue weighted by Crippen LogP contribution is 2.26. The molecule has 2 N–H and O–H groups in total. The number of rotatable bonds is 2. The summed E-state index contributed by atoms with van der Waals surface area (Å²) in [4.78, 5) is 8.57. The molecule has 0 aliphatic carbocycles. The third kappa shape index (κ3) is 2.77. The van der Waals surface area contributed by atoms with E-state index >= 15 is 0 Å². The molecule has 0 saturated carbocycles. The lowest BCUT2D eigenvalue weighted by atomic mass is 9.96. The van der Waals surface area contributed by atoms with Crippen molar-refractivity contribution in [2.75, 3.05) is 6.54 Å². The molecule has 0 radical (unpaired) electrons. The Balaban J connectivity index is 0.000000704. The predicted octanol–water partition coefficient (Wildman–Crippen LogP) is 3.28. The molecule has 1 aromatic carbocycles. The monoisotopic (exact) mass is 265 g/mol. The minimum absolute atomic E-state index is 0.571. The number of aliphatic imine (C=N–C) groups is 1. The van der Waals surface area contributed by atoms with Crippen molar-refractivity contribution in [3.8, 4) is 0 Å². The second-order valence-electron chi connectivity index (χ2n) is 4.17. The van der Waals surface area contributed by atoms with Gasteiger partial charge >= 0.3 is 0 Å². The number of aromatic nitrogens is 1. The highest BCUT2D eigenvalue weighted by Gasteiger charge is 2.20. The van der Waals surface area contributed by atoms with Gasteiger partial charge in [-0.1, -0.05) is 44.2 Å². The molecule has 102 valence electrons. The van der Waals surface area contributed by atoms with Gasteiger partial charge in [0.15, 0.2) is 0 Å². The molecule has 2 aromatic rings. The van der Waals surface area contributed by atoms with Crippen LogP contribution in [-0.4, -0.2) is 17.2 Å². The third-order valence-corrected chi connectivity index (χ3v) is 2.98. The molecule has 0 spiro atoms. The molecule has 0 amide bonds. The predicted molar refractivity (Wildman–Crippen MR) is 84.5 cm³/mol. The summed E-state index contributed by atoms with van der Waals surface area (Å²) < 4.78 is 0. The number of nitrogens with zero attached hydrogens (tertiary/aromatic N) is 2. The van der Waals surface area contributed by atoms with E-state index in [4.69, 9.17) is 5.73 Å². The molecule has 2 heterocycles. The maximum atomic E-state index is 6.09. The third-order valence-electron chi connectivity index (χ3n) is 2.98. The normalized spacial score (nSPS) is 13.6. The fourth-order valence-electron chi connectivity index (χ4n) is 2.15. The van der Waals surface area contributed by atoms with Gasteiger partial charge in [0, 0.05) is 29.2 Å². The number of benzene rings is 1. The topological polar surface area (TPSA) is 51.3 Å². The first-order valence-corrected chi connectivity index (χ1v) is 6.85. The van der Waals surface area contributed by atoms with Crippen molar-refractivity contribution < 1.29 is 0 Å². The van der Waals surface area contributed by atoms with E-state index in [1.807, 2.05) is 44.2 Å². The van der Waals surface area contributed by atoms with Crippen LogP contribution >= 0.6 is 0 Å². The Morgan fingerprint density at radius 2 is 1.55 bits per heavy atom. The standard InChI is InChI=1S/C15H13N3.C2H6/c16-13-10-18-15(12-6-8-17-9-7-12)14(13)11-4-2-1-3-5-11;1-2/h1-9H,10,16H2;1-2H3. The van der Waals surface area contributed by atoms with Gasteiger partial charge < -0.3 is 5.73 Å². The summed E-state index contributed by atoms with van der Waals surface area (Å²) in [6, 6.07) is 14.1. The lowest BCUT2D eigenvalue weighted by Gasteiger charge is -2.08. The number of allylic oxidation sites excluding steroid dienone is 1. The van der Waals surface area contributed by atoms with Crippen molar-refractivity contribution in [3.05, 3.63) is 71.7 Å². The minimum atomic E-state index is 0.571. The van der Waals surface area contributed by atoms with E-state index in [2.05, 4.69) is 22.1 Å². The Labute approximate surface area is 119 Å². The number of nitrogens with two attached hydrogens (primary N) is 1. The van der Waals surface area contributed by atoms with Gasteiger partial charge in [-0.3, -0.25) is 9.98 Å². The van der Waals surface area contributed by atoms with Crippen LogP contribution in [0.3, 0.4) is 0 Å². The number of hydrogen-bond donors (Lipinski definition) is 1. The molecule has 0 saturated heterocycles. The summed E-state index contributed by atoms with van der Waals surface area (Å²) in [6.07, 6.45) is 3.55. The fourth-order valence-corrected chi connectivity index (χ4v) is 2.15. The Morgan fingerprint density at radius 3 is 2.20 bits per heavy atom. The summed E-state index contributed by atoms with van der Waals surface area (Å²) in [5.41, 5.74) is 11.1. The van der Waals surface area contributed by atoms with Gasteiger partial charge in [0.25, 0.3) is 0 Å². The molecular weight excluding hydrogens is 246 g/mol. The summed E-state index contributed by atoms with van der Waals surface area (Å²) >= 11 is 0. The van der Waals surface area contributed by atoms with Gasteiger partial charge in [-0.05, 0) is 17.7 Å². The van der Waals surface area contributed by atoms with Crippen LogP contribution in [0.2, 0.25) is 0 Å². The van der Waals surface area contributed by atoms with E-state index in [1.54, 1.807) is 12.4 Å². The summed E-state index contributed by atoms with van der Waals surface area (Å²) in [5.74, 6) is 0. The molecule has 0 bridgehead atoms. The second kappa shape index (κ2) is 6.66. The van der Waals surface area contributed by atoms with Crippen molar-refractivity contribution in [1.29, 1.82) is 0 Å². The molecule has 3 nitrogen and oxygen atoms in total. The molecule has 20 heavy (non-hydrogen) atoms. The largest absolute Gasteiger partial charge is 0.400 e. The van der Waals surface area contributed by atoms with E-state index in [0.717, 1.165) is 28.1 Å². The van der Waals surface area contributed by atoms with Crippen LogP contribution in [-0.2, 0) is 0 Å². The average molecular weight is 265 g/mol. The van der Waals surface area contributed by atoms with Crippen molar-refractivity contribution >= 4 is 11.3 Å². The zero-order chi connectivity index (χ0) is 14.4. The average Bonchev–Trinajstić information content (AvgIpc) is 2.93. The number of pyridine rings is 1. The molecule has 0 atom stereocenters. The van der Waals surface area contributed by atoms with Gasteiger partial charge in [-0.2, -0.15) is 0 Å². The van der Waals surface area contributed by atoms with Crippen LogP contribution in [0.4, 0.5) is 0 Å². The Bertz CT molecular complexity index is 613. The molecule has 3 heteroatoms. The summed E-state index contributed by atoms with van der Waals surface area (Å²) in [5, 5.41) is 0. The molecule has 3 rings (SSSR count). The first kappa shape index (κ1) is 14.0. The van der Waals surface area contributed by atoms with Crippen LogP contribution < -0.4 is 5.73 Å². The zero-order valence-electron chi connectivity index (χ0n) is 11.9. The van der Waals surface area contributed by atoms with E-state index in [0.29, 0.717) is 6.54 Å². The maximum Gasteiger partial charge on any atom is 0.0799 e. The van der Waals surface area contributed by atoms with Crippen molar-refractivity contribution in [2.24, 2.45) is 10.7 Å². The van der Waals surface area contributed by atoms with Crippen molar-refractivity contribution in [2.45, 2.75) is 13.8 Å². The number of hydrogen-bond acceptors (Lipinski definition) is 3. The highest BCUT2D eigenvalue weighted by molar-refractivity contribution is 6.33. The van der Waals surface area contributed by atoms with E-state index in [-0.39, 0.29) is 0 Å². The quantitative estimate of drug-likeness (QED) is 0.906. The molecule has 0 fully saturated rings. The van der Waals surface area contributed by atoms with Gasteiger partial charge in [0.05, 0.1) is 12.3 Å². The van der Waals surface area contributed by atoms with Gasteiger partial charge in [0.2, 0.25) is 0 Å². The summed E-state index contributed by atoms with van der Waals surface area (Å²) in [7, 11) is 0. The van der Waals surface area contributed by atoms with Crippen LogP contribution in [0.1, 0.15) is 25.0 Å². The summed E-state index contributed by atoms with van der Waals surface area (Å²) in [6.45, 7) is 4.57. The van der Waals surface area contributed by atoms with Crippen LogP contribution in [0.15, 0.2) is 65.5 Å². The van der Waals surface area contributed by atoms with E-state index in [9.17, 15) is 0 Å². The SMILES string of the molecule is CC.NC1=C(c2ccccc2)C(c2ccncc2)=NC1. The lowest BCUT2D eigenvalue weighted by molar-refractivity contribution is 1.14. The van der Waals surface area contributed by atoms with Crippen molar-refractivity contribution in [1.82, 2.24) is 4.98 Å². The first-order chi connectivity index (χ1) is 9.86. The smallest absolute Gasteiger partial charge is 0.0799 e. The van der Waals surface area contributed by atoms with E-state index in [1.165, 1.54) is 0 Å². The Morgan fingerprint density at radius 1 is 0.900 bits per heavy atom. The molecule has 1 aromatic heterocycles. The van der Waals surface area contributed by atoms with Crippen molar-refractivity contribution in [3.63, 3.8) is 0 Å². The Hall–Kier alpha value is -2.42. The first-order valence-electron chi connectivity index (χ1n) is 6.85. The second-order valence-corrected chi connectivity index (χ2v) is 4.17. The zero-order valence-corrected chi connectivity index (χ0v) is 11.9. The Kier molecular flexibility index (Phi) is 4.66. The van der Waals surface area contributed by atoms with Crippen LogP contribution in [0.5, 0.6) is 0 Å². The maximum absolute atomic E-state index is 6.09.